The van der Waals surface area contributed by atoms with Crippen molar-refractivity contribution < 1.29 is 12.8 Å². The van der Waals surface area contributed by atoms with E-state index in [9.17, 15) is 12.8 Å². The van der Waals surface area contributed by atoms with Crippen LogP contribution < -0.4 is 5.73 Å². The second-order valence-electron chi connectivity index (χ2n) is 5.48. The Kier molecular flexibility index (Phi) is 4.85. The number of nitrogen functional groups attached to an aromatic ring is 1. The van der Waals surface area contributed by atoms with Crippen LogP contribution in [0, 0.1) is 5.82 Å². The molecule has 5 nitrogen and oxygen atoms in total. The highest BCUT2D eigenvalue weighted by Gasteiger charge is 2.33. The Morgan fingerprint density at radius 2 is 2.10 bits per heavy atom. The van der Waals surface area contributed by atoms with Crippen LogP contribution in [0.3, 0.4) is 0 Å². The normalized spacial score (nSPS) is 22.1. The minimum Gasteiger partial charge on any atom is -0.396 e. The third-order valence-electron chi connectivity index (χ3n) is 3.89. The van der Waals surface area contributed by atoms with E-state index in [4.69, 9.17) is 5.73 Å². The number of benzene rings is 1. The van der Waals surface area contributed by atoms with Gasteiger partial charge in [-0.2, -0.15) is 4.31 Å². The molecule has 0 radical (unpaired) electrons. The Balaban J connectivity index is 2.38. The lowest BCUT2D eigenvalue weighted by atomic mass is 10.2. The maximum absolute atomic E-state index is 13.2. The number of anilines is 1. The molecule has 1 fully saturated rings. The lowest BCUT2D eigenvalue weighted by molar-refractivity contribution is 0.270. The Hall–Kier alpha value is -1.18. The van der Waals surface area contributed by atoms with Gasteiger partial charge in [0.1, 0.15) is 5.82 Å². The van der Waals surface area contributed by atoms with Crippen LogP contribution >= 0.6 is 0 Å². The second kappa shape index (κ2) is 6.29. The molecular formula is C14H22FN3O2S. The number of hydrogen-bond donors (Lipinski definition) is 1. The summed E-state index contributed by atoms with van der Waals surface area (Å²) in [6.07, 6.45) is 1.52. The zero-order valence-corrected chi connectivity index (χ0v) is 13.2. The molecule has 0 spiro atoms. The van der Waals surface area contributed by atoms with E-state index in [2.05, 4.69) is 4.90 Å². The zero-order chi connectivity index (χ0) is 15.6. The molecule has 1 aliphatic rings. The minimum absolute atomic E-state index is 0.0596. The largest absolute Gasteiger partial charge is 0.396 e. The van der Waals surface area contributed by atoms with Gasteiger partial charge >= 0.3 is 0 Å². The van der Waals surface area contributed by atoms with Crippen molar-refractivity contribution in [2.24, 2.45) is 0 Å². The first-order valence-electron chi connectivity index (χ1n) is 7.11. The van der Waals surface area contributed by atoms with Gasteiger partial charge in [-0.15, -0.1) is 0 Å². The van der Waals surface area contributed by atoms with Crippen LogP contribution in [0.4, 0.5) is 10.1 Å². The average Bonchev–Trinajstić information content (AvgIpc) is 2.63. The molecule has 0 amide bonds. The lowest BCUT2D eigenvalue weighted by Gasteiger charge is -2.29. The Morgan fingerprint density at radius 1 is 1.38 bits per heavy atom. The van der Waals surface area contributed by atoms with Crippen LogP contribution in [-0.2, 0) is 10.0 Å². The van der Waals surface area contributed by atoms with E-state index in [1.807, 2.05) is 14.0 Å². The first kappa shape index (κ1) is 16.2. The molecule has 1 saturated heterocycles. The topological polar surface area (TPSA) is 66.6 Å². The van der Waals surface area contributed by atoms with Gasteiger partial charge < -0.3 is 10.6 Å². The molecule has 1 unspecified atom stereocenters. The predicted octanol–water partition coefficient (Wildman–Crippen LogP) is 1.51. The molecule has 118 valence electrons. The molecule has 0 saturated carbocycles. The number of likely N-dealkylation sites (N-methyl/N-ethyl adjacent to an activating group) is 1. The number of halogens is 1. The minimum atomic E-state index is -3.65. The quantitative estimate of drug-likeness (QED) is 0.859. The summed E-state index contributed by atoms with van der Waals surface area (Å²) in [5.74, 6) is -0.600. The highest BCUT2D eigenvalue weighted by Crippen LogP contribution is 2.25. The van der Waals surface area contributed by atoms with Crippen LogP contribution in [0.15, 0.2) is 23.1 Å². The molecule has 0 aromatic heterocycles. The fourth-order valence-electron chi connectivity index (χ4n) is 2.69. The molecule has 0 aliphatic carbocycles. The van der Waals surface area contributed by atoms with Gasteiger partial charge in [0, 0.05) is 19.1 Å². The van der Waals surface area contributed by atoms with Crippen molar-refractivity contribution in [2.45, 2.75) is 30.7 Å². The summed E-state index contributed by atoms with van der Waals surface area (Å²) in [4.78, 5) is 2.20. The SMILES string of the molecule is CCC1CN(C)CCCN1S(=O)(=O)c1ccc(F)c(N)c1. The van der Waals surface area contributed by atoms with Gasteiger partial charge in [0.2, 0.25) is 10.0 Å². The van der Waals surface area contributed by atoms with E-state index in [1.54, 1.807) is 0 Å². The number of hydrogen-bond acceptors (Lipinski definition) is 4. The van der Waals surface area contributed by atoms with Crippen LogP contribution in [0.5, 0.6) is 0 Å². The zero-order valence-electron chi connectivity index (χ0n) is 12.4. The smallest absolute Gasteiger partial charge is 0.243 e. The van der Waals surface area contributed by atoms with Crippen LogP contribution in [0.2, 0.25) is 0 Å². The van der Waals surface area contributed by atoms with Crippen molar-refractivity contribution >= 4 is 15.7 Å². The molecule has 0 bridgehead atoms. The van der Waals surface area contributed by atoms with Gasteiger partial charge in [0.25, 0.3) is 0 Å². The summed E-state index contributed by atoms with van der Waals surface area (Å²) in [6, 6.07) is 3.51. The van der Waals surface area contributed by atoms with Gasteiger partial charge in [-0.3, -0.25) is 0 Å². The highest BCUT2D eigenvalue weighted by atomic mass is 32.2. The maximum atomic E-state index is 13.2. The van der Waals surface area contributed by atoms with Gasteiger partial charge in [-0.25, -0.2) is 12.8 Å². The van der Waals surface area contributed by atoms with Gasteiger partial charge in [-0.1, -0.05) is 6.92 Å². The van der Waals surface area contributed by atoms with Crippen molar-refractivity contribution in [3.8, 4) is 0 Å². The molecule has 1 atom stereocenters. The second-order valence-corrected chi connectivity index (χ2v) is 7.37. The Labute approximate surface area is 125 Å². The predicted molar refractivity (Wildman–Crippen MR) is 80.9 cm³/mol. The Bertz CT molecular complexity index is 606. The molecule has 2 N–H and O–H groups in total. The molecule has 7 heteroatoms. The van der Waals surface area contributed by atoms with Crippen LogP contribution in [0.25, 0.3) is 0 Å². The summed E-state index contributed by atoms with van der Waals surface area (Å²) in [7, 11) is -1.65. The number of sulfonamides is 1. The highest BCUT2D eigenvalue weighted by molar-refractivity contribution is 7.89. The van der Waals surface area contributed by atoms with Crippen LogP contribution in [-0.4, -0.2) is 50.3 Å². The molecule has 1 aromatic carbocycles. The van der Waals surface area contributed by atoms with Gasteiger partial charge in [0.05, 0.1) is 10.6 Å². The summed E-state index contributed by atoms with van der Waals surface area (Å²) >= 11 is 0. The van der Waals surface area contributed by atoms with E-state index in [1.165, 1.54) is 16.4 Å². The summed E-state index contributed by atoms with van der Waals surface area (Å²) in [5, 5.41) is 0. The molecule has 2 rings (SSSR count). The van der Waals surface area contributed by atoms with Gasteiger partial charge in [0.15, 0.2) is 0 Å². The maximum Gasteiger partial charge on any atom is 0.243 e. The molecule has 1 heterocycles. The van der Waals surface area contributed by atoms with Crippen LogP contribution in [0.1, 0.15) is 19.8 Å². The first-order chi connectivity index (χ1) is 9.86. The lowest BCUT2D eigenvalue weighted by Crippen LogP contribution is -2.43. The molecule has 1 aromatic rings. The monoisotopic (exact) mass is 315 g/mol. The van der Waals surface area contributed by atoms with Gasteiger partial charge in [-0.05, 0) is 44.6 Å². The summed E-state index contributed by atoms with van der Waals surface area (Å²) < 4.78 is 40.4. The average molecular weight is 315 g/mol. The molecule has 21 heavy (non-hydrogen) atoms. The molecule has 1 aliphatic heterocycles. The van der Waals surface area contributed by atoms with Crippen molar-refractivity contribution in [1.82, 2.24) is 9.21 Å². The van der Waals surface area contributed by atoms with E-state index in [-0.39, 0.29) is 16.6 Å². The fourth-order valence-corrected chi connectivity index (χ4v) is 4.45. The number of rotatable bonds is 3. The molecular weight excluding hydrogens is 293 g/mol. The number of nitrogens with zero attached hydrogens (tertiary/aromatic N) is 2. The summed E-state index contributed by atoms with van der Waals surface area (Å²) in [5.41, 5.74) is 5.36. The van der Waals surface area contributed by atoms with Crippen molar-refractivity contribution in [2.75, 3.05) is 32.4 Å². The standard InChI is InChI=1S/C14H22FN3O2S/c1-3-11-10-17(2)7-4-8-18(11)21(19,20)12-5-6-13(15)14(16)9-12/h5-6,9,11H,3-4,7-8,10,16H2,1-2H3. The van der Waals surface area contributed by atoms with Crippen molar-refractivity contribution in [3.63, 3.8) is 0 Å². The number of nitrogens with two attached hydrogens (primary N) is 1. The third kappa shape index (κ3) is 3.36. The van der Waals surface area contributed by atoms with E-state index in [0.717, 1.165) is 25.5 Å². The summed E-state index contributed by atoms with van der Waals surface area (Å²) in [6.45, 7) is 4.02. The van der Waals surface area contributed by atoms with Crippen molar-refractivity contribution in [1.29, 1.82) is 0 Å². The van der Waals surface area contributed by atoms with E-state index in [0.29, 0.717) is 13.1 Å². The first-order valence-corrected chi connectivity index (χ1v) is 8.55. The third-order valence-corrected chi connectivity index (χ3v) is 5.84. The van der Waals surface area contributed by atoms with E-state index >= 15 is 0 Å². The van der Waals surface area contributed by atoms with Crippen molar-refractivity contribution in [3.05, 3.63) is 24.0 Å². The fraction of sp³-hybridized carbons (Fsp3) is 0.571. The Morgan fingerprint density at radius 3 is 2.71 bits per heavy atom. The van der Waals surface area contributed by atoms with E-state index < -0.39 is 15.8 Å².